The lowest BCUT2D eigenvalue weighted by molar-refractivity contribution is 0.0730. The Kier molecular flexibility index (Phi) is 7.23. The summed E-state index contributed by atoms with van der Waals surface area (Å²) >= 11 is 0. The Hall–Kier alpha value is -4.06. The number of nitrogens with one attached hydrogen (secondary N) is 1. The zero-order valence-electron chi connectivity index (χ0n) is 22.5. The van der Waals surface area contributed by atoms with Crippen LogP contribution in [-0.2, 0) is 6.54 Å². The molecule has 0 spiro atoms. The summed E-state index contributed by atoms with van der Waals surface area (Å²) < 4.78 is 5.94. The van der Waals surface area contributed by atoms with Gasteiger partial charge in [-0.15, -0.1) is 0 Å². The molecule has 0 bridgehead atoms. The minimum absolute atomic E-state index is 0.104. The second-order valence-corrected chi connectivity index (χ2v) is 10.3. The van der Waals surface area contributed by atoms with Gasteiger partial charge >= 0.3 is 0 Å². The van der Waals surface area contributed by atoms with E-state index in [1.165, 1.54) is 5.56 Å². The molecule has 1 aliphatic rings. The summed E-state index contributed by atoms with van der Waals surface area (Å²) in [6, 6.07) is 19.8. The summed E-state index contributed by atoms with van der Waals surface area (Å²) in [4.78, 5) is 15.6. The SMILES string of the molecule is CCCCCOc1ccc(C2c3c(-c4cc(C)cc(C)c4O)n[nH]c3C(=O)N2Cc2ccc(C)cc2)cc1. The van der Waals surface area contributed by atoms with E-state index in [0.29, 0.717) is 30.1 Å². The van der Waals surface area contributed by atoms with E-state index in [1.54, 1.807) is 0 Å². The number of ether oxygens (including phenoxy) is 1. The first-order valence-corrected chi connectivity index (χ1v) is 13.4. The molecule has 1 unspecified atom stereocenters. The minimum Gasteiger partial charge on any atom is -0.507 e. The maximum atomic E-state index is 13.8. The second-order valence-electron chi connectivity index (χ2n) is 10.3. The number of hydrogen-bond acceptors (Lipinski definition) is 4. The number of nitrogens with zero attached hydrogens (tertiary/aromatic N) is 2. The Bertz CT molecular complexity index is 1440. The summed E-state index contributed by atoms with van der Waals surface area (Å²) in [5.74, 6) is 0.899. The maximum absolute atomic E-state index is 13.8. The lowest BCUT2D eigenvalue weighted by Crippen LogP contribution is -2.29. The summed E-state index contributed by atoms with van der Waals surface area (Å²) in [5, 5.41) is 18.5. The number of phenols is 1. The van der Waals surface area contributed by atoms with Crippen molar-refractivity contribution in [2.45, 2.75) is 59.5 Å². The van der Waals surface area contributed by atoms with Gasteiger partial charge in [-0.3, -0.25) is 9.89 Å². The molecule has 196 valence electrons. The monoisotopic (exact) mass is 509 g/mol. The molecule has 3 aromatic carbocycles. The van der Waals surface area contributed by atoms with Gasteiger partial charge in [0.15, 0.2) is 0 Å². The van der Waals surface area contributed by atoms with Crippen LogP contribution in [0, 0.1) is 20.8 Å². The van der Waals surface area contributed by atoms with Crippen molar-refractivity contribution in [2.24, 2.45) is 0 Å². The van der Waals surface area contributed by atoms with Crippen molar-refractivity contribution in [3.8, 4) is 22.8 Å². The smallest absolute Gasteiger partial charge is 0.273 e. The van der Waals surface area contributed by atoms with Crippen LogP contribution in [0.15, 0.2) is 60.7 Å². The fourth-order valence-electron chi connectivity index (χ4n) is 5.23. The maximum Gasteiger partial charge on any atom is 0.273 e. The molecule has 1 amide bonds. The predicted molar refractivity (Wildman–Crippen MR) is 150 cm³/mol. The van der Waals surface area contributed by atoms with Crippen molar-refractivity contribution in [1.82, 2.24) is 15.1 Å². The highest BCUT2D eigenvalue weighted by atomic mass is 16.5. The van der Waals surface area contributed by atoms with Crippen LogP contribution in [-0.4, -0.2) is 32.7 Å². The van der Waals surface area contributed by atoms with Gasteiger partial charge < -0.3 is 14.7 Å². The number of aryl methyl sites for hydroxylation is 3. The molecule has 1 aliphatic heterocycles. The third-order valence-corrected chi connectivity index (χ3v) is 7.25. The molecule has 0 aliphatic carbocycles. The van der Waals surface area contributed by atoms with Gasteiger partial charge in [0.25, 0.3) is 5.91 Å². The van der Waals surface area contributed by atoms with E-state index in [2.05, 4.69) is 48.3 Å². The zero-order chi connectivity index (χ0) is 26.8. The molecule has 1 aromatic heterocycles. The predicted octanol–water partition coefficient (Wildman–Crippen LogP) is 7.02. The molecule has 2 N–H and O–H groups in total. The Morgan fingerprint density at radius 3 is 2.42 bits per heavy atom. The van der Waals surface area contributed by atoms with Crippen molar-refractivity contribution >= 4 is 5.91 Å². The Morgan fingerprint density at radius 2 is 1.71 bits per heavy atom. The fraction of sp³-hybridized carbons (Fsp3) is 0.312. The van der Waals surface area contributed by atoms with Gasteiger partial charge in [-0.1, -0.05) is 67.8 Å². The van der Waals surface area contributed by atoms with E-state index < -0.39 is 0 Å². The molecular weight excluding hydrogens is 474 g/mol. The molecular formula is C32H35N3O3. The number of carbonyl (C=O) groups excluding carboxylic acids is 1. The first kappa shape index (κ1) is 25.6. The number of rotatable bonds is 9. The van der Waals surface area contributed by atoms with Gasteiger partial charge in [0.1, 0.15) is 22.9 Å². The second kappa shape index (κ2) is 10.7. The standard InChI is InChI=1S/C32H35N3O3/c1-5-6-7-16-38-25-14-12-24(13-15-25)30-27-28(26-18-21(3)17-22(4)31(26)36)33-34-29(27)32(37)35(30)19-23-10-8-20(2)9-11-23/h8-15,17-18,30,36H,5-7,16,19H2,1-4H3,(H,33,34). The van der Waals surface area contributed by atoms with Crippen LogP contribution in [0.25, 0.3) is 11.3 Å². The normalized spacial score (nSPS) is 14.7. The molecule has 0 radical (unpaired) electrons. The van der Waals surface area contributed by atoms with Crippen LogP contribution in [0.3, 0.4) is 0 Å². The summed E-state index contributed by atoms with van der Waals surface area (Å²) in [6.07, 6.45) is 3.33. The lowest BCUT2D eigenvalue weighted by Gasteiger charge is -2.27. The van der Waals surface area contributed by atoms with Crippen LogP contribution in [0.5, 0.6) is 11.5 Å². The van der Waals surface area contributed by atoms with E-state index in [0.717, 1.165) is 52.8 Å². The number of hydrogen-bond donors (Lipinski definition) is 2. The number of amides is 1. The van der Waals surface area contributed by atoms with E-state index in [-0.39, 0.29) is 17.7 Å². The van der Waals surface area contributed by atoms with Crippen LogP contribution in [0.1, 0.15) is 76.1 Å². The van der Waals surface area contributed by atoms with E-state index in [9.17, 15) is 9.90 Å². The molecule has 6 nitrogen and oxygen atoms in total. The number of carbonyl (C=O) groups is 1. The molecule has 38 heavy (non-hydrogen) atoms. The van der Waals surface area contributed by atoms with Gasteiger partial charge in [0, 0.05) is 17.7 Å². The number of unbranched alkanes of at least 4 members (excludes halogenated alkanes) is 2. The first-order valence-electron chi connectivity index (χ1n) is 13.4. The molecule has 0 saturated carbocycles. The van der Waals surface area contributed by atoms with Crippen molar-refractivity contribution in [2.75, 3.05) is 6.61 Å². The number of phenolic OH excluding ortho intramolecular Hbond substituents is 1. The zero-order valence-corrected chi connectivity index (χ0v) is 22.5. The van der Waals surface area contributed by atoms with Gasteiger partial charge in [0.2, 0.25) is 0 Å². The number of aromatic amines is 1. The summed E-state index contributed by atoms with van der Waals surface area (Å²) in [6.45, 7) is 9.25. The van der Waals surface area contributed by atoms with Gasteiger partial charge in [-0.25, -0.2) is 0 Å². The van der Waals surface area contributed by atoms with Crippen LogP contribution >= 0.6 is 0 Å². The molecule has 6 heteroatoms. The van der Waals surface area contributed by atoms with Crippen molar-refractivity contribution in [3.05, 3.63) is 99.7 Å². The largest absolute Gasteiger partial charge is 0.507 e. The number of aromatic hydroxyl groups is 1. The van der Waals surface area contributed by atoms with Crippen molar-refractivity contribution in [1.29, 1.82) is 0 Å². The average Bonchev–Trinajstić information content (AvgIpc) is 3.45. The quantitative estimate of drug-likeness (QED) is 0.238. The number of H-pyrrole nitrogens is 1. The Labute approximate surface area is 224 Å². The molecule has 4 aromatic rings. The van der Waals surface area contributed by atoms with Crippen molar-refractivity contribution < 1.29 is 14.6 Å². The topological polar surface area (TPSA) is 78.5 Å². The van der Waals surface area contributed by atoms with Crippen molar-refractivity contribution in [3.63, 3.8) is 0 Å². The molecule has 0 saturated heterocycles. The van der Waals surface area contributed by atoms with E-state index in [4.69, 9.17) is 4.74 Å². The lowest BCUT2D eigenvalue weighted by atomic mass is 9.94. The number of aromatic nitrogens is 2. The molecule has 0 fully saturated rings. The van der Waals surface area contributed by atoms with Crippen LogP contribution in [0.4, 0.5) is 0 Å². The Morgan fingerprint density at radius 1 is 0.974 bits per heavy atom. The van der Waals surface area contributed by atoms with E-state index in [1.807, 2.05) is 55.1 Å². The third-order valence-electron chi connectivity index (χ3n) is 7.25. The van der Waals surface area contributed by atoms with Gasteiger partial charge in [-0.2, -0.15) is 5.10 Å². The number of benzene rings is 3. The first-order chi connectivity index (χ1) is 18.4. The van der Waals surface area contributed by atoms with Gasteiger partial charge in [-0.05, 0) is 67.6 Å². The summed E-state index contributed by atoms with van der Waals surface area (Å²) in [7, 11) is 0. The van der Waals surface area contributed by atoms with Gasteiger partial charge in [0.05, 0.1) is 12.6 Å². The highest BCUT2D eigenvalue weighted by Crippen LogP contribution is 2.46. The highest BCUT2D eigenvalue weighted by molar-refractivity contribution is 6.00. The summed E-state index contributed by atoms with van der Waals surface area (Å²) in [5.41, 5.74) is 7.49. The van der Waals surface area contributed by atoms with Crippen LogP contribution < -0.4 is 4.74 Å². The number of fused-ring (bicyclic) bond motifs is 1. The minimum atomic E-state index is -0.359. The highest BCUT2D eigenvalue weighted by Gasteiger charge is 2.42. The van der Waals surface area contributed by atoms with Crippen LogP contribution in [0.2, 0.25) is 0 Å². The molecule has 2 heterocycles. The fourth-order valence-corrected chi connectivity index (χ4v) is 5.23. The molecule has 5 rings (SSSR count). The molecule has 1 atom stereocenters. The Balaban J connectivity index is 1.56. The third kappa shape index (κ3) is 4.91. The van der Waals surface area contributed by atoms with E-state index >= 15 is 0 Å². The average molecular weight is 510 g/mol.